The van der Waals surface area contributed by atoms with Crippen LogP contribution in [0.4, 0.5) is 8.78 Å². The molecule has 2 aromatic carbocycles. The van der Waals surface area contributed by atoms with Crippen LogP contribution in [0, 0.1) is 29.4 Å². The van der Waals surface area contributed by atoms with Crippen molar-refractivity contribution in [2.24, 2.45) is 17.8 Å². The van der Waals surface area contributed by atoms with Crippen LogP contribution in [-0.2, 0) is 16.0 Å². The fourth-order valence-electron chi connectivity index (χ4n) is 5.10. The number of nitrogens with zero attached hydrogens (tertiary/aromatic N) is 1. The van der Waals surface area contributed by atoms with E-state index in [1.165, 1.54) is 12.1 Å². The van der Waals surface area contributed by atoms with Crippen molar-refractivity contribution in [3.63, 3.8) is 0 Å². The third-order valence-electron chi connectivity index (χ3n) is 7.61. The Kier molecular flexibility index (Phi) is 16.5. The minimum absolute atomic E-state index is 0.110. The summed E-state index contributed by atoms with van der Waals surface area (Å²) in [6.45, 7) is 15.6. The largest absolute Gasteiger partial charge is 0.354 e. The summed E-state index contributed by atoms with van der Waals surface area (Å²) in [6.07, 6.45) is 1.74. The first kappa shape index (κ1) is 39.3. The van der Waals surface area contributed by atoms with Gasteiger partial charge in [-0.05, 0) is 67.0 Å². The molecule has 9 nitrogen and oxygen atoms in total. The number of nitrogens with one attached hydrogen (secondary N) is 4. The van der Waals surface area contributed by atoms with Crippen molar-refractivity contribution in [2.45, 2.75) is 79.8 Å². The molecule has 0 saturated carbocycles. The number of benzene rings is 2. The zero-order valence-corrected chi connectivity index (χ0v) is 28.9. The predicted molar refractivity (Wildman–Crippen MR) is 181 cm³/mol. The first-order valence-corrected chi connectivity index (χ1v) is 16.7. The molecule has 0 aromatic heterocycles. The molecule has 0 heterocycles. The van der Waals surface area contributed by atoms with Crippen LogP contribution in [0.25, 0.3) is 0 Å². The first-order valence-electron chi connectivity index (χ1n) is 16.7. The molecule has 2 aromatic rings. The third kappa shape index (κ3) is 13.4. The quantitative estimate of drug-likeness (QED) is 0.175. The maximum Gasteiger partial charge on any atom is 0.253 e. The van der Waals surface area contributed by atoms with Gasteiger partial charge in [0.15, 0.2) is 0 Å². The standard InChI is InChI=1S/C36H53F2N5O4/c1-8-13-43(14-9-2)36(47)28-12-10-11-27(18-28)34(45)41-31(17-26-15-29(37)19-30(38)16-26)22-39-21-25(7)33(44)42-32(24(5)6)35(46)40-20-23(3)4/h10-12,15-16,18-19,23-25,31-32,39H,8-9,13-14,17,20-22H2,1-7H3,(H,40,46)(H,41,45)(H,42,44)/t25-,31+,32+/m1/s1. The van der Waals surface area contributed by atoms with E-state index in [1.807, 2.05) is 41.5 Å². The average Bonchev–Trinajstić information content (AvgIpc) is 3.01. The lowest BCUT2D eigenvalue weighted by molar-refractivity contribution is -0.131. The number of hydrogen-bond acceptors (Lipinski definition) is 5. The fraction of sp³-hybridized carbons (Fsp3) is 0.556. The van der Waals surface area contributed by atoms with Crippen LogP contribution in [0.3, 0.4) is 0 Å². The van der Waals surface area contributed by atoms with Crippen molar-refractivity contribution in [3.05, 3.63) is 70.8 Å². The minimum atomic E-state index is -0.726. The second-order valence-electron chi connectivity index (χ2n) is 13.0. The molecule has 2 rings (SSSR count). The van der Waals surface area contributed by atoms with E-state index in [0.29, 0.717) is 30.8 Å². The molecule has 3 atom stereocenters. The van der Waals surface area contributed by atoms with Crippen LogP contribution < -0.4 is 21.3 Å². The van der Waals surface area contributed by atoms with E-state index in [0.717, 1.165) is 18.9 Å². The van der Waals surface area contributed by atoms with Gasteiger partial charge in [-0.2, -0.15) is 0 Å². The highest BCUT2D eigenvalue weighted by Gasteiger charge is 2.26. The van der Waals surface area contributed by atoms with Gasteiger partial charge in [-0.3, -0.25) is 19.2 Å². The molecule has 0 spiro atoms. The fourth-order valence-corrected chi connectivity index (χ4v) is 5.10. The van der Waals surface area contributed by atoms with Gasteiger partial charge >= 0.3 is 0 Å². The Hall–Kier alpha value is -3.86. The van der Waals surface area contributed by atoms with Gasteiger partial charge in [0, 0.05) is 61.9 Å². The monoisotopic (exact) mass is 657 g/mol. The minimum Gasteiger partial charge on any atom is -0.354 e. The predicted octanol–water partition coefficient (Wildman–Crippen LogP) is 4.71. The maximum atomic E-state index is 14.0. The van der Waals surface area contributed by atoms with Crippen LogP contribution >= 0.6 is 0 Å². The van der Waals surface area contributed by atoms with E-state index in [-0.39, 0.29) is 54.6 Å². The Balaban J connectivity index is 2.15. The molecule has 0 aliphatic carbocycles. The number of amides is 4. The first-order chi connectivity index (χ1) is 22.2. The number of carbonyl (C=O) groups is 4. The molecule has 0 fully saturated rings. The van der Waals surface area contributed by atoms with Gasteiger partial charge < -0.3 is 26.2 Å². The second kappa shape index (κ2) is 19.7. The molecule has 4 amide bonds. The molecule has 4 N–H and O–H groups in total. The summed E-state index contributed by atoms with van der Waals surface area (Å²) in [5.74, 6) is -2.95. The summed E-state index contributed by atoms with van der Waals surface area (Å²) in [4.78, 5) is 54.0. The van der Waals surface area contributed by atoms with Crippen molar-refractivity contribution in [2.75, 3.05) is 32.7 Å². The van der Waals surface area contributed by atoms with Gasteiger partial charge in [-0.15, -0.1) is 0 Å². The van der Waals surface area contributed by atoms with Gasteiger partial charge in [-0.25, -0.2) is 8.78 Å². The van der Waals surface area contributed by atoms with E-state index in [9.17, 15) is 28.0 Å². The van der Waals surface area contributed by atoms with E-state index >= 15 is 0 Å². The zero-order valence-electron chi connectivity index (χ0n) is 28.9. The Morgan fingerprint density at radius 3 is 1.96 bits per heavy atom. The highest BCUT2D eigenvalue weighted by Crippen LogP contribution is 2.13. The summed E-state index contributed by atoms with van der Waals surface area (Å²) in [5.41, 5.74) is 1.03. The second-order valence-corrected chi connectivity index (χ2v) is 13.0. The number of rotatable bonds is 19. The van der Waals surface area contributed by atoms with E-state index < -0.39 is 35.5 Å². The summed E-state index contributed by atoms with van der Waals surface area (Å²) >= 11 is 0. The van der Waals surface area contributed by atoms with Gasteiger partial charge in [0.2, 0.25) is 11.8 Å². The SMILES string of the molecule is CCCN(CCC)C(=O)c1cccc(C(=O)N[C@H](CNC[C@@H](C)C(=O)N[C@H](C(=O)NCC(C)C)C(C)C)Cc2cc(F)cc(F)c2)c1. The van der Waals surface area contributed by atoms with E-state index in [1.54, 1.807) is 36.1 Å². The molecule has 0 aliphatic rings. The molecular formula is C36H53F2N5O4. The molecule has 11 heteroatoms. The normalized spacial score (nSPS) is 13.2. The lowest BCUT2D eigenvalue weighted by Crippen LogP contribution is -2.52. The van der Waals surface area contributed by atoms with Crippen molar-refractivity contribution in [1.82, 2.24) is 26.2 Å². The number of hydrogen-bond donors (Lipinski definition) is 4. The molecule has 0 radical (unpaired) electrons. The van der Waals surface area contributed by atoms with Crippen molar-refractivity contribution in [3.8, 4) is 0 Å². The van der Waals surface area contributed by atoms with Crippen molar-refractivity contribution >= 4 is 23.6 Å². The molecule has 0 bridgehead atoms. The third-order valence-corrected chi connectivity index (χ3v) is 7.61. The Morgan fingerprint density at radius 1 is 0.766 bits per heavy atom. The topological polar surface area (TPSA) is 120 Å². The molecule has 0 aliphatic heterocycles. The van der Waals surface area contributed by atoms with Crippen LogP contribution in [-0.4, -0.2) is 73.3 Å². The van der Waals surface area contributed by atoms with Crippen LogP contribution in [0.15, 0.2) is 42.5 Å². The summed E-state index contributed by atoms with van der Waals surface area (Å²) in [6, 6.07) is 8.41. The summed E-state index contributed by atoms with van der Waals surface area (Å²) in [5, 5.41) is 11.8. The van der Waals surface area contributed by atoms with Crippen molar-refractivity contribution in [1.29, 1.82) is 0 Å². The van der Waals surface area contributed by atoms with Gasteiger partial charge in [0.25, 0.3) is 11.8 Å². The molecule has 47 heavy (non-hydrogen) atoms. The average molecular weight is 658 g/mol. The van der Waals surface area contributed by atoms with Gasteiger partial charge in [-0.1, -0.05) is 54.5 Å². The van der Waals surface area contributed by atoms with Gasteiger partial charge in [0.1, 0.15) is 17.7 Å². The van der Waals surface area contributed by atoms with Crippen LogP contribution in [0.2, 0.25) is 0 Å². The molecule has 0 saturated heterocycles. The lowest BCUT2D eigenvalue weighted by atomic mass is 10.0. The highest BCUT2D eigenvalue weighted by molar-refractivity contribution is 5.99. The van der Waals surface area contributed by atoms with Crippen LogP contribution in [0.1, 0.15) is 87.6 Å². The number of carbonyl (C=O) groups excluding carboxylic acids is 4. The van der Waals surface area contributed by atoms with Gasteiger partial charge in [0.05, 0.1) is 0 Å². The Labute approximate surface area is 278 Å². The number of halogens is 2. The zero-order chi connectivity index (χ0) is 35.1. The Morgan fingerprint density at radius 2 is 1.38 bits per heavy atom. The smallest absolute Gasteiger partial charge is 0.253 e. The Bertz CT molecular complexity index is 1310. The molecule has 260 valence electrons. The van der Waals surface area contributed by atoms with E-state index in [4.69, 9.17) is 0 Å². The highest BCUT2D eigenvalue weighted by atomic mass is 19.1. The van der Waals surface area contributed by atoms with Crippen LogP contribution in [0.5, 0.6) is 0 Å². The van der Waals surface area contributed by atoms with E-state index in [2.05, 4.69) is 21.3 Å². The van der Waals surface area contributed by atoms with Crippen molar-refractivity contribution < 1.29 is 28.0 Å². The maximum absolute atomic E-state index is 14.0. The molecule has 0 unspecified atom stereocenters. The summed E-state index contributed by atoms with van der Waals surface area (Å²) < 4.78 is 28.0. The molecular weight excluding hydrogens is 604 g/mol. The summed E-state index contributed by atoms with van der Waals surface area (Å²) in [7, 11) is 0. The lowest BCUT2D eigenvalue weighted by Gasteiger charge is -2.25.